The number of amides is 2. The van der Waals surface area contributed by atoms with Crippen molar-refractivity contribution in [3.05, 3.63) is 84.3 Å². The molecule has 1 aromatic heterocycles. The molecule has 6 N–H and O–H groups in total. The molecule has 1 unspecified atom stereocenters. The van der Waals surface area contributed by atoms with Gasteiger partial charge in [0, 0.05) is 42.0 Å². The number of halogens is 1. The average molecular weight is 650 g/mol. The van der Waals surface area contributed by atoms with Gasteiger partial charge in [0.25, 0.3) is 0 Å². The third-order valence-corrected chi connectivity index (χ3v) is 9.32. The maximum Gasteiger partial charge on any atom is 0.314 e. The van der Waals surface area contributed by atoms with Crippen LogP contribution in [-0.2, 0) is 0 Å². The van der Waals surface area contributed by atoms with Gasteiger partial charge < -0.3 is 27.0 Å². The van der Waals surface area contributed by atoms with Crippen LogP contribution in [0.15, 0.2) is 83.8 Å². The van der Waals surface area contributed by atoms with Gasteiger partial charge in [-0.25, -0.2) is 14.8 Å². The van der Waals surface area contributed by atoms with Gasteiger partial charge in [-0.15, -0.1) is 0 Å². The van der Waals surface area contributed by atoms with Crippen LogP contribution >= 0.6 is 22.6 Å². The maximum atomic E-state index is 11.8. The number of hydrogen-bond acceptors (Lipinski definition) is 6. The highest BCUT2D eigenvalue weighted by molar-refractivity contribution is 14.1. The van der Waals surface area contributed by atoms with E-state index >= 15 is 0 Å². The first-order valence-corrected chi connectivity index (χ1v) is 15.1. The minimum atomic E-state index is -0.0879. The Morgan fingerprint density at radius 3 is 2.58 bits per heavy atom. The third kappa shape index (κ3) is 6.24. The van der Waals surface area contributed by atoms with E-state index in [2.05, 4.69) is 61.3 Å². The number of nitrogens with zero attached hydrogens (tertiary/aromatic N) is 3. The van der Waals surface area contributed by atoms with Crippen LogP contribution < -0.4 is 22.1 Å². The molecule has 1 aliphatic carbocycles. The Kier molecular flexibility index (Phi) is 8.88. The fraction of sp³-hybridized carbons (Fsp3) is 0.323. The van der Waals surface area contributed by atoms with E-state index < -0.39 is 0 Å². The number of nitrogens with one attached hydrogen (secondary N) is 2. The number of benzene rings is 2. The van der Waals surface area contributed by atoms with Crippen LogP contribution in [0.1, 0.15) is 38.2 Å². The molecule has 3 aromatic rings. The normalized spacial score (nSPS) is 21.1. The maximum absolute atomic E-state index is 11.8. The van der Waals surface area contributed by atoms with Crippen molar-refractivity contribution in [3.63, 3.8) is 0 Å². The van der Waals surface area contributed by atoms with E-state index in [1.807, 2.05) is 55.6 Å². The van der Waals surface area contributed by atoms with Gasteiger partial charge in [-0.05, 0) is 56.6 Å². The Morgan fingerprint density at radius 2 is 1.82 bits per heavy atom. The fourth-order valence-electron chi connectivity index (χ4n) is 5.48. The topological polar surface area (TPSA) is 122 Å². The lowest BCUT2D eigenvalue weighted by atomic mass is 9.81. The molecule has 9 heteroatoms. The summed E-state index contributed by atoms with van der Waals surface area (Å²) in [5.41, 5.74) is 18.3. The summed E-state index contributed by atoms with van der Waals surface area (Å²) < 4.78 is 0.164. The predicted octanol–water partition coefficient (Wildman–Crippen LogP) is 5.56. The zero-order valence-corrected chi connectivity index (χ0v) is 24.8. The highest BCUT2D eigenvalue weighted by Crippen LogP contribution is 2.38. The standard InChI is InChI=1S/C31H36IN7O/c1-2-35-31(40)37-19-20-8-10-23(11-9-20)29(32)39-17-16-36-30(34)28(39)27(33)24-13-12-22-14-15-25(38-26(22)18-24)21-6-4-3-5-7-21/h3-7,12-18,20,23,29H,2,8-11,19,33H2,1H3,(H2,34,36)(H2,35,37,40)/b28-27-. The molecule has 2 heterocycles. The van der Waals surface area contributed by atoms with Crippen molar-refractivity contribution >= 4 is 51.1 Å². The molecule has 0 bridgehead atoms. The smallest absolute Gasteiger partial charge is 0.314 e. The van der Waals surface area contributed by atoms with E-state index in [0.29, 0.717) is 36.5 Å². The van der Waals surface area contributed by atoms with Crippen LogP contribution in [0, 0.1) is 11.8 Å². The molecular weight excluding hydrogens is 613 g/mol. The van der Waals surface area contributed by atoms with Crippen LogP contribution in [0.3, 0.4) is 0 Å². The molecule has 1 aliphatic heterocycles. The van der Waals surface area contributed by atoms with Crippen molar-refractivity contribution in [2.24, 2.45) is 28.3 Å². The number of alkyl halides is 1. The first-order valence-electron chi connectivity index (χ1n) is 13.9. The predicted molar refractivity (Wildman–Crippen MR) is 171 cm³/mol. The third-order valence-electron chi connectivity index (χ3n) is 7.70. The largest absolute Gasteiger partial charge is 0.396 e. The van der Waals surface area contributed by atoms with Gasteiger partial charge >= 0.3 is 6.03 Å². The monoisotopic (exact) mass is 649 g/mol. The van der Waals surface area contributed by atoms with Gasteiger partial charge in [0.1, 0.15) is 11.5 Å². The summed E-state index contributed by atoms with van der Waals surface area (Å²) in [4.78, 5) is 23.3. The summed E-state index contributed by atoms with van der Waals surface area (Å²) in [5.74, 6) is 1.37. The molecule has 5 rings (SSSR count). The summed E-state index contributed by atoms with van der Waals surface area (Å²) in [7, 11) is 0. The van der Waals surface area contributed by atoms with Gasteiger partial charge in [-0.1, -0.05) is 71.1 Å². The number of aliphatic imine (C=N–C) groups is 1. The molecule has 0 spiro atoms. The van der Waals surface area contributed by atoms with Crippen molar-refractivity contribution < 1.29 is 4.79 Å². The minimum Gasteiger partial charge on any atom is -0.396 e. The van der Waals surface area contributed by atoms with Crippen molar-refractivity contribution in [1.29, 1.82) is 0 Å². The van der Waals surface area contributed by atoms with Gasteiger partial charge in [0.15, 0.2) is 0 Å². The van der Waals surface area contributed by atoms with Crippen molar-refractivity contribution in [1.82, 2.24) is 20.5 Å². The summed E-state index contributed by atoms with van der Waals surface area (Å²) in [6.45, 7) is 3.27. The Hall–Kier alpha value is -3.60. The molecular formula is C31H36IN7O. The lowest BCUT2D eigenvalue weighted by Gasteiger charge is -2.39. The Balaban J connectivity index is 1.35. The second kappa shape index (κ2) is 12.7. The number of hydrogen-bond donors (Lipinski definition) is 4. The van der Waals surface area contributed by atoms with Crippen LogP contribution in [0.25, 0.3) is 27.9 Å². The van der Waals surface area contributed by atoms with E-state index in [-0.39, 0.29) is 10.1 Å². The second-order valence-corrected chi connectivity index (χ2v) is 11.6. The van der Waals surface area contributed by atoms with E-state index in [1.165, 1.54) is 0 Å². The SMILES string of the molecule is CCNC(=O)NCC1CCC(C(I)N2C=CN=C(N)/C2=C(/N)c2ccc3ccc(-c4ccccc4)nc3c2)CC1. The van der Waals surface area contributed by atoms with E-state index in [1.54, 1.807) is 6.20 Å². The molecule has 208 valence electrons. The van der Waals surface area contributed by atoms with Crippen molar-refractivity contribution in [2.75, 3.05) is 13.1 Å². The molecule has 1 fully saturated rings. The molecule has 1 atom stereocenters. The first kappa shape index (κ1) is 27.9. The molecule has 8 nitrogen and oxygen atoms in total. The van der Waals surface area contributed by atoms with Gasteiger partial charge in [0.05, 0.1) is 21.0 Å². The van der Waals surface area contributed by atoms with E-state index in [0.717, 1.165) is 59.1 Å². The number of rotatable bonds is 7. The zero-order valence-electron chi connectivity index (χ0n) is 22.7. The lowest BCUT2D eigenvalue weighted by Crippen LogP contribution is -2.42. The zero-order chi connectivity index (χ0) is 28.1. The van der Waals surface area contributed by atoms with Gasteiger partial charge in [0.2, 0.25) is 0 Å². The number of pyridine rings is 1. The molecule has 40 heavy (non-hydrogen) atoms. The van der Waals surface area contributed by atoms with Gasteiger partial charge in [-0.2, -0.15) is 0 Å². The van der Waals surface area contributed by atoms with Crippen molar-refractivity contribution in [3.8, 4) is 11.3 Å². The van der Waals surface area contributed by atoms with Crippen LogP contribution in [0.5, 0.6) is 0 Å². The van der Waals surface area contributed by atoms with Gasteiger partial charge in [-0.3, -0.25) is 0 Å². The molecule has 0 saturated heterocycles. The fourth-order valence-corrected chi connectivity index (χ4v) is 6.67. The second-order valence-electron chi connectivity index (χ2n) is 10.3. The number of aromatic nitrogens is 1. The number of urea groups is 1. The Morgan fingerprint density at radius 1 is 1.07 bits per heavy atom. The quantitative estimate of drug-likeness (QED) is 0.152. The van der Waals surface area contributed by atoms with E-state index in [9.17, 15) is 4.79 Å². The lowest BCUT2D eigenvalue weighted by molar-refractivity contribution is 0.217. The highest BCUT2D eigenvalue weighted by Gasteiger charge is 2.33. The number of amidine groups is 1. The Labute approximate surface area is 249 Å². The average Bonchev–Trinajstić information content (AvgIpc) is 2.99. The number of carbonyl (C=O) groups is 1. The Bertz CT molecular complexity index is 1440. The minimum absolute atomic E-state index is 0.0879. The first-order chi connectivity index (χ1) is 19.4. The summed E-state index contributed by atoms with van der Waals surface area (Å²) in [6, 6.07) is 20.3. The molecule has 2 aliphatic rings. The van der Waals surface area contributed by atoms with Crippen LogP contribution in [0.4, 0.5) is 4.79 Å². The number of carbonyl (C=O) groups excluding carboxylic acids is 1. The molecule has 0 radical (unpaired) electrons. The summed E-state index contributed by atoms with van der Waals surface area (Å²) in [5, 5.41) is 6.85. The van der Waals surface area contributed by atoms with Crippen LogP contribution in [0.2, 0.25) is 0 Å². The van der Waals surface area contributed by atoms with Crippen molar-refractivity contribution in [2.45, 2.75) is 36.7 Å². The number of nitrogens with two attached hydrogens (primary N) is 2. The summed E-state index contributed by atoms with van der Waals surface area (Å²) in [6.07, 6.45) is 8.02. The van der Waals surface area contributed by atoms with E-state index in [4.69, 9.17) is 16.5 Å². The molecule has 1 saturated carbocycles. The van der Waals surface area contributed by atoms with Crippen LogP contribution in [-0.4, -0.2) is 38.9 Å². The summed E-state index contributed by atoms with van der Waals surface area (Å²) >= 11 is 2.52. The highest BCUT2D eigenvalue weighted by atomic mass is 127. The molecule has 2 amide bonds. The number of fused-ring (bicyclic) bond motifs is 1. The molecule has 2 aromatic carbocycles.